The molecule has 4 aliphatic rings. The predicted molar refractivity (Wildman–Crippen MR) is 321 cm³/mol. The van der Waals surface area contributed by atoms with Gasteiger partial charge in [-0.25, -0.2) is 0 Å². The molecule has 0 amide bonds. The first kappa shape index (κ1) is 49.1. The van der Waals surface area contributed by atoms with Crippen molar-refractivity contribution >= 4 is 68.6 Å². The van der Waals surface area contributed by atoms with E-state index >= 15 is 0 Å². The number of aryl methyl sites for hydroxylation is 2. The van der Waals surface area contributed by atoms with E-state index < -0.39 is 0 Å². The summed E-state index contributed by atoms with van der Waals surface area (Å²) in [4.78, 5) is 12.8. The van der Waals surface area contributed by atoms with E-state index in [1.54, 1.807) is 0 Å². The van der Waals surface area contributed by atoms with Crippen molar-refractivity contribution in [1.29, 1.82) is 0 Å². The summed E-state index contributed by atoms with van der Waals surface area (Å²) in [6.07, 6.45) is 3.99. The Hall–Kier alpha value is -6.85. The molecule has 0 saturated carbocycles. The Labute approximate surface area is 449 Å². The molecule has 378 valence electrons. The minimum Gasteiger partial charge on any atom is -0.330 e. The third kappa shape index (κ3) is 7.49. The first-order valence-corrected chi connectivity index (χ1v) is 27.6. The van der Waals surface area contributed by atoms with Gasteiger partial charge in [0.25, 0.3) is 6.71 Å². The lowest BCUT2D eigenvalue weighted by molar-refractivity contribution is 0.245. The number of benzene rings is 7. The zero-order valence-corrected chi connectivity index (χ0v) is 47.3. The lowest BCUT2D eigenvalue weighted by Crippen LogP contribution is -2.61. The minimum absolute atomic E-state index is 0.00918. The van der Waals surface area contributed by atoms with Crippen molar-refractivity contribution in [3.63, 3.8) is 0 Å². The van der Waals surface area contributed by atoms with Gasteiger partial charge in [-0.1, -0.05) is 169 Å². The maximum atomic E-state index is 4.85. The average Bonchev–Trinajstić information content (AvgIpc) is 3.69. The number of hydrogen-bond donors (Lipinski definition) is 0. The summed E-state index contributed by atoms with van der Waals surface area (Å²) < 4.78 is 0. The van der Waals surface area contributed by atoms with Gasteiger partial charge in [-0.3, -0.25) is 4.98 Å². The first-order chi connectivity index (χ1) is 35.4. The van der Waals surface area contributed by atoms with Crippen molar-refractivity contribution in [1.82, 2.24) is 4.98 Å². The zero-order valence-electron chi connectivity index (χ0n) is 47.3. The molecule has 3 aliphatic heterocycles. The van der Waals surface area contributed by atoms with Gasteiger partial charge in [0.05, 0.1) is 11.2 Å². The molecule has 5 heteroatoms. The second kappa shape index (κ2) is 16.6. The molecule has 0 N–H and O–H groups in total. The second-order valence-electron chi connectivity index (χ2n) is 26.9. The molecule has 4 heterocycles. The van der Waals surface area contributed by atoms with Crippen LogP contribution < -0.4 is 31.1 Å². The van der Waals surface area contributed by atoms with Gasteiger partial charge in [-0.2, -0.15) is 0 Å². The fraction of sp³-hybridized carbons (Fsp3) is 0.329. The zero-order chi connectivity index (χ0) is 52.9. The fourth-order valence-electron chi connectivity index (χ4n) is 13.5. The first-order valence-electron chi connectivity index (χ1n) is 27.6. The number of rotatable bonds is 4. The van der Waals surface area contributed by atoms with E-state index in [0.717, 1.165) is 24.1 Å². The van der Waals surface area contributed by atoms with Crippen molar-refractivity contribution in [2.24, 2.45) is 0 Å². The Bertz CT molecular complexity index is 3600. The van der Waals surface area contributed by atoms with Gasteiger partial charge in [0, 0.05) is 62.7 Å². The molecule has 0 radical (unpaired) electrons. The summed E-state index contributed by atoms with van der Waals surface area (Å²) in [7, 11) is 0. The highest BCUT2D eigenvalue weighted by atomic mass is 15.3. The number of pyridine rings is 1. The van der Waals surface area contributed by atoms with Crippen LogP contribution in [0.5, 0.6) is 0 Å². The number of nitrogens with zero attached hydrogens (tertiary/aromatic N) is 4. The Kier molecular flexibility index (Phi) is 10.8. The highest BCUT2D eigenvalue weighted by Crippen LogP contribution is 2.64. The van der Waals surface area contributed by atoms with Crippen LogP contribution in [0.4, 0.5) is 45.5 Å². The quantitative estimate of drug-likeness (QED) is 0.164. The van der Waals surface area contributed by atoms with Crippen molar-refractivity contribution in [3.05, 3.63) is 202 Å². The monoisotopic (exact) mass is 983 g/mol. The second-order valence-corrected chi connectivity index (χ2v) is 26.9. The summed E-state index contributed by atoms with van der Waals surface area (Å²) in [5.74, 6) is 0. The van der Waals surface area contributed by atoms with Gasteiger partial charge in [0.15, 0.2) is 0 Å². The number of aromatic nitrogens is 1. The van der Waals surface area contributed by atoms with E-state index in [9.17, 15) is 0 Å². The molecule has 12 rings (SSSR count). The van der Waals surface area contributed by atoms with Gasteiger partial charge in [0.2, 0.25) is 0 Å². The van der Waals surface area contributed by atoms with Crippen molar-refractivity contribution in [2.45, 2.75) is 149 Å². The van der Waals surface area contributed by atoms with Gasteiger partial charge < -0.3 is 14.7 Å². The van der Waals surface area contributed by atoms with Crippen LogP contribution >= 0.6 is 0 Å². The molecule has 75 heavy (non-hydrogen) atoms. The van der Waals surface area contributed by atoms with Crippen molar-refractivity contribution in [3.8, 4) is 11.3 Å². The van der Waals surface area contributed by atoms with Crippen molar-refractivity contribution in [2.75, 3.05) is 14.7 Å². The third-order valence-electron chi connectivity index (χ3n) is 18.1. The van der Waals surface area contributed by atoms with Crippen LogP contribution in [0.1, 0.15) is 148 Å². The molecular weight excluding hydrogens is 908 g/mol. The molecule has 0 spiro atoms. The minimum atomic E-state index is -0.389. The Morgan fingerprint density at radius 2 is 1.07 bits per heavy atom. The number of hydrogen-bond acceptors (Lipinski definition) is 4. The summed E-state index contributed by atoms with van der Waals surface area (Å²) in [6.45, 7) is 35.5. The van der Waals surface area contributed by atoms with E-state index in [2.05, 4.69) is 264 Å². The van der Waals surface area contributed by atoms with Gasteiger partial charge in [-0.05, 0) is 182 Å². The molecule has 2 atom stereocenters. The van der Waals surface area contributed by atoms with Crippen LogP contribution in [-0.4, -0.2) is 11.7 Å². The van der Waals surface area contributed by atoms with E-state index in [4.69, 9.17) is 4.98 Å². The molecule has 0 saturated heterocycles. The van der Waals surface area contributed by atoms with Gasteiger partial charge >= 0.3 is 0 Å². The molecular formula is C70H75BN4. The molecule has 2 unspecified atom stereocenters. The van der Waals surface area contributed by atoms with Gasteiger partial charge in [-0.15, -0.1) is 0 Å². The van der Waals surface area contributed by atoms with Crippen LogP contribution in [-0.2, 0) is 39.0 Å². The molecule has 0 bridgehead atoms. The fourth-order valence-corrected chi connectivity index (χ4v) is 13.5. The highest BCUT2D eigenvalue weighted by molar-refractivity contribution is 7.00. The lowest BCUT2D eigenvalue weighted by Gasteiger charge is -2.51. The highest BCUT2D eigenvalue weighted by Gasteiger charge is 2.60. The Balaban J connectivity index is 1.16. The smallest absolute Gasteiger partial charge is 0.252 e. The third-order valence-corrected chi connectivity index (χ3v) is 18.1. The Morgan fingerprint density at radius 1 is 0.467 bits per heavy atom. The van der Waals surface area contributed by atoms with E-state index in [1.807, 2.05) is 12.3 Å². The largest absolute Gasteiger partial charge is 0.330 e. The summed E-state index contributed by atoms with van der Waals surface area (Å²) in [5, 5.41) is 0. The summed E-state index contributed by atoms with van der Waals surface area (Å²) in [6, 6.07) is 59.4. The van der Waals surface area contributed by atoms with Crippen LogP contribution in [0.25, 0.3) is 11.3 Å². The Morgan fingerprint density at radius 3 is 1.72 bits per heavy atom. The molecule has 0 fully saturated rings. The summed E-state index contributed by atoms with van der Waals surface area (Å²) >= 11 is 0. The summed E-state index contributed by atoms with van der Waals surface area (Å²) in [5.41, 5.74) is 26.2. The SMILES string of the molecule is Cc1cc(C(C)(C)C)ccc1N1c2ccc(C(C)(C)C)cc2B2c3ccc(N4c5ccc(-c6ccccn6)cc5C5(C)CCc6ccccc6C45C)cc3N(c3ccc(C(C)(C)C)cc3)c3cc(C(C)(C)C)cc1c32. The van der Waals surface area contributed by atoms with Crippen LogP contribution in [0.3, 0.4) is 0 Å². The molecule has 4 nitrogen and oxygen atoms in total. The lowest BCUT2D eigenvalue weighted by atomic mass is 9.33. The van der Waals surface area contributed by atoms with E-state index in [1.165, 1.54) is 106 Å². The topological polar surface area (TPSA) is 22.6 Å². The normalized spacial score (nSPS) is 18.8. The maximum Gasteiger partial charge on any atom is 0.252 e. The molecule has 1 aromatic heterocycles. The average molecular weight is 983 g/mol. The molecule has 8 aromatic rings. The van der Waals surface area contributed by atoms with Crippen LogP contribution in [0.15, 0.2) is 158 Å². The number of anilines is 8. The molecule has 7 aromatic carbocycles. The van der Waals surface area contributed by atoms with Crippen LogP contribution in [0.2, 0.25) is 0 Å². The number of fused-ring (bicyclic) bond motifs is 9. The standard InChI is InChI=1S/C70H75BN4/c1-44-38-48(66(5,6)7)26-33-58(44)74-60-34-27-49(67(8,9)10)40-56(60)71-55-31-30-52(43-61(55)73(51-28-24-47(25-29-51)65(2,3)4)62-41-50(68(11,12)13)42-63(74)64(62)71)75-59-32-23-46(57-22-18-19-37-72-57)39-54(59)69(14)36-35-45-20-16-17-21-53(45)70(69,75)15/h16-34,37-43H,35-36H2,1-15H3. The maximum absolute atomic E-state index is 4.85. The molecule has 1 aliphatic carbocycles. The van der Waals surface area contributed by atoms with E-state index in [0.29, 0.717) is 0 Å². The van der Waals surface area contributed by atoms with Crippen molar-refractivity contribution < 1.29 is 0 Å². The van der Waals surface area contributed by atoms with E-state index in [-0.39, 0.29) is 39.3 Å². The van der Waals surface area contributed by atoms with Crippen LogP contribution in [0, 0.1) is 6.92 Å². The van der Waals surface area contributed by atoms with Gasteiger partial charge in [0.1, 0.15) is 0 Å². The predicted octanol–water partition coefficient (Wildman–Crippen LogP) is 16.6.